The van der Waals surface area contributed by atoms with Crippen molar-refractivity contribution in [3.63, 3.8) is 0 Å². The van der Waals surface area contributed by atoms with Gasteiger partial charge < -0.3 is 9.50 Å². The molecule has 0 atom stereocenters. The molecule has 106 valence electrons. The first-order valence-electron chi connectivity index (χ1n) is 5.68. The van der Waals surface area contributed by atoms with E-state index in [4.69, 9.17) is 4.55 Å². The number of anilines is 2. The number of aryl methyl sites for hydroxylation is 2. The van der Waals surface area contributed by atoms with Crippen LogP contribution >= 0.6 is 0 Å². The zero-order valence-electron chi connectivity index (χ0n) is 10.9. The van der Waals surface area contributed by atoms with Gasteiger partial charge in [0.25, 0.3) is 0 Å². The zero-order valence-corrected chi connectivity index (χ0v) is 11.7. The molecule has 1 heterocycles. The minimum atomic E-state index is -4.51. The lowest BCUT2D eigenvalue weighted by Crippen LogP contribution is -2.06. The molecule has 0 aliphatic heterocycles. The molecule has 2 rings (SSSR count). The van der Waals surface area contributed by atoms with E-state index in [-0.39, 0.29) is 5.75 Å². The normalized spacial score (nSPS) is 11.2. The van der Waals surface area contributed by atoms with Crippen molar-refractivity contribution >= 4 is 22.0 Å². The number of benzene rings is 1. The van der Waals surface area contributed by atoms with Crippen molar-refractivity contribution < 1.29 is 17.2 Å². The molecule has 20 heavy (non-hydrogen) atoms. The molecule has 2 aromatic rings. The molecule has 0 radical (unpaired) electrons. The molecule has 2 N–H and O–H groups in total. The van der Waals surface area contributed by atoms with Crippen molar-refractivity contribution in [2.24, 2.45) is 0 Å². The standard InChI is InChI=1S/C12H13N3O4S/c1-8-7-9(2)14-12(13-8)15-10-3-5-11(6-4-10)19-20(16,17)18/h3-7H,1-2H3,(H,13,14,15)(H,16,17,18). The molecule has 1 aromatic heterocycles. The third-order valence-corrected chi connectivity index (χ3v) is 2.70. The Balaban J connectivity index is 2.14. The molecule has 0 unspecified atom stereocenters. The van der Waals surface area contributed by atoms with Gasteiger partial charge in [-0.1, -0.05) is 0 Å². The molecule has 0 saturated carbocycles. The van der Waals surface area contributed by atoms with Crippen LogP contribution in [0.15, 0.2) is 30.3 Å². The first-order valence-corrected chi connectivity index (χ1v) is 7.04. The maximum atomic E-state index is 10.5. The van der Waals surface area contributed by atoms with Crippen molar-refractivity contribution in [1.29, 1.82) is 0 Å². The smallest absolute Gasteiger partial charge is 0.362 e. The molecule has 0 saturated heterocycles. The Bertz CT molecular complexity index is 694. The summed E-state index contributed by atoms with van der Waals surface area (Å²) in [6.45, 7) is 3.73. The summed E-state index contributed by atoms with van der Waals surface area (Å²) in [6, 6.07) is 7.83. The van der Waals surface area contributed by atoms with E-state index in [1.54, 1.807) is 12.1 Å². The van der Waals surface area contributed by atoms with E-state index in [0.717, 1.165) is 11.4 Å². The first kappa shape index (κ1) is 14.2. The van der Waals surface area contributed by atoms with Gasteiger partial charge in [-0.05, 0) is 44.2 Å². The highest BCUT2D eigenvalue weighted by atomic mass is 32.3. The molecule has 0 aliphatic rings. The topological polar surface area (TPSA) is 101 Å². The van der Waals surface area contributed by atoms with Gasteiger partial charge in [0.2, 0.25) is 5.95 Å². The van der Waals surface area contributed by atoms with Crippen LogP contribution in [0.2, 0.25) is 0 Å². The van der Waals surface area contributed by atoms with Crippen molar-refractivity contribution in [1.82, 2.24) is 9.97 Å². The summed E-state index contributed by atoms with van der Waals surface area (Å²) in [5.74, 6) is 0.463. The Morgan fingerprint density at radius 1 is 1.10 bits per heavy atom. The van der Waals surface area contributed by atoms with Crippen LogP contribution < -0.4 is 9.50 Å². The summed E-state index contributed by atoms with van der Waals surface area (Å²) in [6.07, 6.45) is 0. The second-order valence-corrected chi connectivity index (χ2v) is 5.16. The lowest BCUT2D eigenvalue weighted by molar-refractivity contribution is 0.387. The number of hydrogen-bond acceptors (Lipinski definition) is 6. The molecular formula is C12H13N3O4S. The summed E-state index contributed by atoms with van der Waals surface area (Å²) in [5, 5.41) is 2.99. The summed E-state index contributed by atoms with van der Waals surface area (Å²) in [7, 11) is -4.51. The molecule has 7 nitrogen and oxygen atoms in total. The number of rotatable bonds is 4. The fourth-order valence-corrected chi connectivity index (χ4v) is 1.98. The SMILES string of the molecule is Cc1cc(C)nc(Nc2ccc(OS(=O)(=O)O)cc2)n1. The van der Waals surface area contributed by atoms with Crippen molar-refractivity contribution in [3.8, 4) is 5.75 Å². The average Bonchev–Trinajstić information content (AvgIpc) is 2.28. The van der Waals surface area contributed by atoms with Gasteiger partial charge in [-0.25, -0.2) is 9.97 Å². The second kappa shape index (κ2) is 5.43. The van der Waals surface area contributed by atoms with Crippen LogP contribution in [0.4, 0.5) is 11.6 Å². The molecule has 1 aromatic carbocycles. The minimum absolute atomic E-state index is 0.0133. The van der Waals surface area contributed by atoms with E-state index in [1.807, 2.05) is 19.9 Å². The highest BCUT2D eigenvalue weighted by Gasteiger charge is 2.07. The number of aromatic nitrogens is 2. The lowest BCUT2D eigenvalue weighted by Gasteiger charge is -2.07. The predicted molar refractivity (Wildman–Crippen MR) is 73.4 cm³/mol. The Kier molecular flexibility index (Phi) is 3.86. The van der Waals surface area contributed by atoms with Crippen molar-refractivity contribution in [2.75, 3.05) is 5.32 Å². The maximum Gasteiger partial charge on any atom is 0.446 e. The lowest BCUT2D eigenvalue weighted by atomic mass is 10.3. The Labute approximate surface area is 116 Å². The van der Waals surface area contributed by atoms with Crippen molar-refractivity contribution in [3.05, 3.63) is 41.7 Å². The van der Waals surface area contributed by atoms with E-state index >= 15 is 0 Å². The van der Waals surface area contributed by atoms with E-state index in [2.05, 4.69) is 19.5 Å². The third kappa shape index (κ3) is 4.18. The largest absolute Gasteiger partial charge is 0.446 e. The van der Waals surface area contributed by atoms with Gasteiger partial charge in [0, 0.05) is 17.1 Å². The summed E-state index contributed by atoms with van der Waals surface area (Å²) < 4.78 is 34.0. The third-order valence-electron chi connectivity index (χ3n) is 2.29. The summed E-state index contributed by atoms with van der Waals surface area (Å²) >= 11 is 0. The Hall–Kier alpha value is -2.19. The van der Waals surface area contributed by atoms with E-state index < -0.39 is 10.4 Å². The van der Waals surface area contributed by atoms with Gasteiger partial charge in [0.1, 0.15) is 5.75 Å². The molecular weight excluding hydrogens is 282 g/mol. The monoisotopic (exact) mass is 295 g/mol. The first-order chi connectivity index (χ1) is 9.32. The fourth-order valence-electron chi connectivity index (χ4n) is 1.63. The van der Waals surface area contributed by atoms with Crippen molar-refractivity contribution in [2.45, 2.75) is 13.8 Å². The van der Waals surface area contributed by atoms with E-state index in [9.17, 15) is 8.42 Å². The van der Waals surface area contributed by atoms with Gasteiger partial charge in [-0.2, -0.15) is 8.42 Å². The average molecular weight is 295 g/mol. The van der Waals surface area contributed by atoms with E-state index in [1.165, 1.54) is 12.1 Å². The minimum Gasteiger partial charge on any atom is -0.362 e. The van der Waals surface area contributed by atoms with Gasteiger partial charge in [0.05, 0.1) is 0 Å². The summed E-state index contributed by atoms with van der Waals surface area (Å²) in [5.41, 5.74) is 2.34. The van der Waals surface area contributed by atoms with Crippen LogP contribution in [0.1, 0.15) is 11.4 Å². The Morgan fingerprint density at radius 3 is 2.15 bits per heavy atom. The van der Waals surface area contributed by atoms with Crippen LogP contribution in [0.3, 0.4) is 0 Å². The molecule has 0 aliphatic carbocycles. The second-order valence-electron chi connectivity index (χ2n) is 4.13. The molecule has 0 bridgehead atoms. The molecule has 8 heteroatoms. The number of hydrogen-bond donors (Lipinski definition) is 2. The number of nitrogens with one attached hydrogen (secondary N) is 1. The highest BCUT2D eigenvalue weighted by Crippen LogP contribution is 2.19. The number of nitrogens with zero attached hydrogens (tertiary/aromatic N) is 2. The van der Waals surface area contributed by atoms with Crippen LogP contribution in [-0.2, 0) is 10.4 Å². The van der Waals surface area contributed by atoms with Gasteiger partial charge in [-0.15, -0.1) is 0 Å². The quantitative estimate of drug-likeness (QED) is 0.832. The summed E-state index contributed by atoms with van der Waals surface area (Å²) in [4.78, 5) is 8.44. The molecule has 0 amide bonds. The molecule has 0 spiro atoms. The van der Waals surface area contributed by atoms with Gasteiger partial charge in [-0.3, -0.25) is 4.55 Å². The van der Waals surface area contributed by atoms with Crippen LogP contribution in [0, 0.1) is 13.8 Å². The van der Waals surface area contributed by atoms with Crippen LogP contribution in [0.5, 0.6) is 5.75 Å². The predicted octanol–water partition coefficient (Wildman–Crippen LogP) is 2.02. The van der Waals surface area contributed by atoms with E-state index in [0.29, 0.717) is 11.6 Å². The van der Waals surface area contributed by atoms with Gasteiger partial charge in [0.15, 0.2) is 0 Å². The van der Waals surface area contributed by atoms with Crippen LogP contribution in [-0.4, -0.2) is 22.9 Å². The van der Waals surface area contributed by atoms with Crippen LogP contribution in [0.25, 0.3) is 0 Å². The fraction of sp³-hybridized carbons (Fsp3) is 0.167. The molecule has 0 fully saturated rings. The Morgan fingerprint density at radius 2 is 1.65 bits per heavy atom. The maximum absolute atomic E-state index is 10.5. The highest BCUT2D eigenvalue weighted by molar-refractivity contribution is 7.81. The van der Waals surface area contributed by atoms with Gasteiger partial charge >= 0.3 is 10.4 Å². The zero-order chi connectivity index (χ0) is 14.8.